The number of carbonyl (C=O) groups excluding carboxylic acids is 1. The first-order valence-corrected chi connectivity index (χ1v) is 7.35. The summed E-state index contributed by atoms with van der Waals surface area (Å²) in [5.74, 6) is -1.60. The van der Waals surface area contributed by atoms with Crippen molar-refractivity contribution in [1.82, 2.24) is 5.32 Å². The molecular weight excluding hydrogens is 274 g/mol. The number of amides is 1. The van der Waals surface area contributed by atoms with Crippen molar-refractivity contribution in [2.24, 2.45) is 5.92 Å². The molecule has 1 aromatic carbocycles. The van der Waals surface area contributed by atoms with Crippen molar-refractivity contribution in [3.63, 3.8) is 0 Å². The first kappa shape index (κ1) is 14.5. The Morgan fingerprint density at radius 1 is 1.35 bits per heavy atom. The first-order chi connectivity index (χ1) is 9.54. The largest absolute Gasteiger partial charge is 0.481 e. The molecule has 2 N–H and O–H groups in total. The number of carboxylic acids is 1. The highest BCUT2D eigenvalue weighted by molar-refractivity contribution is 7.21. The maximum Gasteiger partial charge on any atom is 0.308 e. The van der Waals surface area contributed by atoms with E-state index in [4.69, 9.17) is 5.11 Å². The number of nitrogens with one attached hydrogen (secondary N) is 1. The molecule has 2 aromatic rings. The highest BCUT2D eigenvalue weighted by Crippen LogP contribution is 2.30. The van der Waals surface area contributed by atoms with Crippen LogP contribution in [0.25, 0.3) is 10.1 Å². The molecule has 1 atom stereocenters. The lowest BCUT2D eigenvalue weighted by Gasteiger charge is -2.10. The molecule has 1 aromatic heterocycles. The molecule has 20 heavy (non-hydrogen) atoms. The summed E-state index contributed by atoms with van der Waals surface area (Å²) in [6.07, 6.45) is 0.501. The molecule has 0 saturated heterocycles. The van der Waals surface area contributed by atoms with Crippen molar-refractivity contribution in [2.75, 3.05) is 6.54 Å². The van der Waals surface area contributed by atoms with E-state index in [0.717, 1.165) is 15.6 Å². The molecule has 4 nitrogen and oxygen atoms in total. The van der Waals surface area contributed by atoms with Crippen LogP contribution in [0, 0.1) is 12.8 Å². The Bertz CT molecular complexity index is 648. The second kappa shape index (κ2) is 6.05. The van der Waals surface area contributed by atoms with E-state index in [1.165, 1.54) is 11.3 Å². The third-order valence-corrected chi connectivity index (χ3v) is 4.67. The molecule has 5 heteroatoms. The Morgan fingerprint density at radius 3 is 2.65 bits per heavy atom. The van der Waals surface area contributed by atoms with Crippen molar-refractivity contribution in [3.05, 3.63) is 34.7 Å². The van der Waals surface area contributed by atoms with Gasteiger partial charge >= 0.3 is 5.97 Å². The van der Waals surface area contributed by atoms with E-state index in [-0.39, 0.29) is 12.5 Å². The Hall–Kier alpha value is -1.88. The Kier molecular flexibility index (Phi) is 4.39. The van der Waals surface area contributed by atoms with Crippen LogP contribution in [0.4, 0.5) is 0 Å². The van der Waals surface area contributed by atoms with Crippen LogP contribution in [0.2, 0.25) is 0 Å². The van der Waals surface area contributed by atoms with Gasteiger partial charge in [0.1, 0.15) is 0 Å². The molecule has 1 amide bonds. The summed E-state index contributed by atoms with van der Waals surface area (Å²) >= 11 is 1.44. The summed E-state index contributed by atoms with van der Waals surface area (Å²) in [5, 5.41) is 12.8. The maximum absolute atomic E-state index is 12.2. The molecule has 0 aliphatic rings. The average Bonchev–Trinajstić information content (AvgIpc) is 2.77. The normalized spacial score (nSPS) is 12.3. The lowest BCUT2D eigenvalue weighted by Crippen LogP contribution is -2.32. The van der Waals surface area contributed by atoms with E-state index >= 15 is 0 Å². The van der Waals surface area contributed by atoms with Crippen LogP contribution < -0.4 is 5.32 Å². The smallest absolute Gasteiger partial charge is 0.308 e. The van der Waals surface area contributed by atoms with Gasteiger partial charge < -0.3 is 10.4 Å². The number of carbonyl (C=O) groups is 2. The van der Waals surface area contributed by atoms with Crippen molar-refractivity contribution in [2.45, 2.75) is 20.3 Å². The number of carboxylic acid groups (broad SMARTS) is 1. The van der Waals surface area contributed by atoms with E-state index in [0.29, 0.717) is 11.3 Å². The third-order valence-electron chi connectivity index (χ3n) is 3.40. The molecule has 1 heterocycles. The predicted octanol–water partition coefficient (Wildman–Crippen LogP) is 3.05. The van der Waals surface area contributed by atoms with Crippen molar-refractivity contribution in [3.8, 4) is 0 Å². The number of hydrogen-bond acceptors (Lipinski definition) is 3. The van der Waals surface area contributed by atoms with Gasteiger partial charge in [-0.2, -0.15) is 0 Å². The van der Waals surface area contributed by atoms with Gasteiger partial charge in [0.15, 0.2) is 0 Å². The van der Waals surface area contributed by atoms with Crippen LogP contribution in [-0.4, -0.2) is 23.5 Å². The molecule has 0 fully saturated rings. The average molecular weight is 291 g/mol. The number of rotatable bonds is 5. The number of aliphatic carboxylic acids is 1. The number of thiophene rings is 1. The van der Waals surface area contributed by atoms with Crippen molar-refractivity contribution < 1.29 is 14.7 Å². The fourth-order valence-electron chi connectivity index (χ4n) is 2.09. The van der Waals surface area contributed by atoms with Crippen molar-refractivity contribution in [1.29, 1.82) is 0 Å². The number of hydrogen-bond donors (Lipinski definition) is 2. The summed E-state index contributed by atoms with van der Waals surface area (Å²) in [7, 11) is 0. The van der Waals surface area contributed by atoms with Gasteiger partial charge in [-0.05, 0) is 30.4 Å². The van der Waals surface area contributed by atoms with E-state index < -0.39 is 11.9 Å². The van der Waals surface area contributed by atoms with Gasteiger partial charge in [0, 0.05) is 11.2 Å². The van der Waals surface area contributed by atoms with Crippen LogP contribution in [0.1, 0.15) is 28.6 Å². The molecule has 1 unspecified atom stereocenters. The quantitative estimate of drug-likeness (QED) is 0.889. The topological polar surface area (TPSA) is 66.4 Å². The highest BCUT2D eigenvalue weighted by atomic mass is 32.1. The van der Waals surface area contributed by atoms with E-state index in [1.54, 1.807) is 6.92 Å². The van der Waals surface area contributed by atoms with Gasteiger partial charge in [-0.3, -0.25) is 9.59 Å². The molecule has 0 bridgehead atoms. The van der Waals surface area contributed by atoms with Gasteiger partial charge in [-0.25, -0.2) is 0 Å². The molecule has 0 saturated carbocycles. The Morgan fingerprint density at radius 2 is 2.05 bits per heavy atom. The summed E-state index contributed by atoms with van der Waals surface area (Å²) in [6, 6.07) is 7.86. The van der Waals surface area contributed by atoms with Crippen molar-refractivity contribution >= 4 is 33.3 Å². The zero-order valence-corrected chi connectivity index (χ0v) is 12.3. The van der Waals surface area contributed by atoms with Crippen LogP contribution in [0.15, 0.2) is 24.3 Å². The maximum atomic E-state index is 12.2. The van der Waals surface area contributed by atoms with Crippen LogP contribution in [-0.2, 0) is 4.79 Å². The summed E-state index contributed by atoms with van der Waals surface area (Å²) in [6.45, 7) is 3.89. The monoisotopic (exact) mass is 291 g/mol. The van der Waals surface area contributed by atoms with Gasteiger partial charge in [0.25, 0.3) is 5.91 Å². The minimum atomic E-state index is -0.874. The van der Waals surface area contributed by atoms with E-state index in [1.807, 2.05) is 31.2 Å². The zero-order valence-electron chi connectivity index (χ0n) is 11.5. The van der Waals surface area contributed by atoms with E-state index in [2.05, 4.69) is 5.32 Å². The van der Waals surface area contributed by atoms with Gasteiger partial charge in [-0.1, -0.05) is 25.1 Å². The van der Waals surface area contributed by atoms with E-state index in [9.17, 15) is 9.59 Å². The molecule has 0 aliphatic heterocycles. The molecule has 0 aliphatic carbocycles. The standard InChI is InChI=1S/C15H17NO3S/c1-3-10(15(18)19)8-16-14(17)13-9(2)11-6-4-5-7-12(11)20-13/h4-7,10H,3,8H2,1-2H3,(H,16,17)(H,18,19). The summed E-state index contributed by atoms with van der Waals surface area (Å²) in [5.41, 5.74) is 0.950. The molecular formula is C15H17NO3S. The summed E-state index contributed by atoms with van der Waals surface area (Å²) in [4.78, 5) is 23.8. The highest BCUT2D eigenvalue weighted by Gasteiger charge is 2.19. The Balaban J connectivity index is 2.15. The third kappa shape index (κ3) is 2.82. The lowest BCUT2D eigenvalue weighted by molar-refractivity contribution is -0.141. The number of aryl methyl sites for hydroxylation is 1. The summed E-state index contributed by atoms with van der Waals surface area (Å²) < 4.78 is 1.07. The SMILES string of the molecule is CCC(CNC(=O)c1sc2ccccc2c1C)C(=O)O. The molecule has 2 rings (SSSR count). The second-order valence-electron chi connectivity index (χ2n) is 4.71. The fraction of sp³-hybridized carbons (Fsp3) is 0.333. The number of fused-ring (bicyclic) bond motifs is 1. The van der Waals surface area contributed by atoms with Crippen LogP contribution in [0.3, 0.4) is 0 Å². The molecule has 0 spiro atoms. The van der Waals surface area contributed by atoms with Gasteiger partial charge in [0.05, 0.1) is 10.8 Å². The van der Waals surface area contributed by atoms with Crippen LogP contribution >= 0.6 is 11.3 Å². The Labute approximate surface area is 121 Å². The minimum Gasteiger partial charge on any atom is -0.481 e. The zero-order chi connectivity index (χ0) is 14.7. The van der Waals surface area contributed by atoms with Gasteiger partial charge in [-0.15, -0.1) is 11.3 Å². The molecule has 106 valence electrons. The first-order valence-electron chi connectivity index (χ1n) is 6.53. The number of benzene rings is 1. The molecule has 0 radical (unpaired) electrons. The minimum absolute atomic E-state index is 0.165. The lowest BCUT2D eigenvalue weighted by atomic mass is 10.1. The fourth-order valence-corrected chi connectivity index (χ4v) is 3.22. The predicted molar refractivity (Wildman–Crippen MR) is 80.3 cm³/mol. The van der Waals surface area contributed by atoms with Crippen LogP contribution in [0.5, 0.6) is 0 Å². The second-order valence-corrected chi connectivity index (χ2v) is 5.76. The van der Waals surface area contributed by atoms with Gasteiger partial charge in [0.2, 0.25) is 0 Å².